The third-order valence-electron chi connectivity index (χ3n) is 2.40. The van der Waals surface area contributed by atoms with Gasteiger partial charge in [-0.25, -0.2) is 0 Å². The zero-order valence-corrected chi connectivity index (χ0v) is 10.5. The number of para-hydroxylation sites is 1. The Bertz CT molecular complexity index is 599. The Balaban J connectivity index is 2.42. The van der Waals surface area contributed by atoms with Gasteiger partial charge >= 0.3 is 0 Å². The summed E-state index contributed by atoms with van der Waals surface area (Å²) in [7, 11) is 0. The van der Waals surface area contributed by atoms with Crippen LogP contribution in [0.5, 0.6) is 5.75 Å². The van der Waals surface area contributed by atoms with E-state index in [1.165, 1.54) is 17.8 Å². The molecule has 2 aromatic rings. The molecule has 4 nitrogen and oxygen atoms in total. The molecular weight excluding hydrogens is 250 g/mol. The number of benzene rings is 2. The molecule has 0 aliphatic rings. The van der Waals surface area contributed by atoms with Gasteiger partial charge in [-0.3, -0.25) is 10.1 Å². The van der Waals surface area contributed by atoms with Crippen LogP contribution in [0, 0.1) is 17.0 Å². The van der Waals surface area contributed by atoms with Crippen molar-refractivity contribution in [2.24, 2.45) is 0 Å². The molecule has 0 unspecified atom stereocenters. The molecule has 0 radical (unpaired) electrons. The Kier molecular flexibility index (Phi) is 3.53. The van der Waals surface area contributed by atoms with E-state index < -0.39 is 4.92 Å². The van der Waals surface area contributed by atoms with Gasteiger partial charge in [0.05, 0.1) is 14.7 Å². The minimum atomic E-state index is -0.415. The molecule has 1 N–H and O–H groups in total. The normalized spacial score (nSPS) is 10.3. The van der Waals surface area contributed by atoms with Gasteiger partial charge in [0, 0.05) is 6.07 Å². The number of hydrogen-bond donors (Lipinski definition) is 1. The number of phenolic OH excluding ortho intramolecular Hbond substituents is 1. The van der Waals surface area contributed by atoms with Crippen molar-refractivity contribution in [2.75, 3.05) is 0 Å². The average molecular weight is 261 g/mol. The first kappa shape index (κ1) is 12.4. The number of phenols is 1. The fraction of sp³-hybridized carbons (Fsp3) is 0.0769. The van der Waals surface area contributed by atoms with Crippen LogP contribution in [0.4, 0.5) is 5.69 Å². The summed E-state index contributed by atoms with van der Waals surface area (Å²) < 4.78 is 0. The summed E-state index contributed by atoms with van der Waals surface area (Å²) >= 11 is 1.19. The molecule has 0 amide bonds. The summed E-state index contributed by atoms with van der Waals surface area (Å²) in [6.45, 7) is 1.87. The molecule has 92 valence electrons. The predicted molar refractivity (Wildman–Crippen MR) is 70.1 cm³/mol. The second kappa shape index (κ2) is 5.10. The third kappa shape index (κ3) is 2.62. The molecule has 0 aliphatic carbocycles. The molecule has 2 aromatic carbocycles. The Labute approximate surface area is 108 Å². The van der Waals surface area contributed by atoms with Gasteiger partial charge in [0.1, 0.15) is 5.75 Å². The number of nitro groups is 1. The maximum atomic E-state index is 10.9. The van der Waals surface area contributed by atoms with Crippen LogP contribution in [-0.2, 0) is 0 Å². The zero-order valence-electron chi connectivity index (χ0n) is 9.66. The molecule has 0 spiro atoms. The molecule has 0 fully saturated rings. The van der Waals surface area contributed by atoms with Crippen LogP contribution >= 0.6 is 11.8 Å². The van der Waals surface area contributed by atoms with Crippen molar-refractivity contribution < 1.29 is 10.0 Å². The lowest BCUT2D eigenvalue weighted by Crippen LogP contribution is -1.91. The lowest BCUT2D eigenvalue weighted by atomic mass is 10.2. The van der Waals surface area contributed by atoms with Crippen LogP contribution in [0.1, 0.15) is 5.56 Å². The van der Waals surface area contributed by atoms with Gasteiger partial charge in [-0.1, -0.05) is 30.0 Å². The molecule has 0 saturated heterocycles. The summed E-state index contributed by atoms with van der Waals surface area (Å²) in [5.41, 5.74) is 0.993. The predicted octanol–water partition coefficient (Wildman–Crippen LogP) is 3.76. The Hall–Kier alpha value is -2.01. The molecule has 0 heterocycles. The fourth-order valence-electron chi connectivity index (χ4n) is 1.52. The Morgan fingerprint density at radius 1 is 1.17 bits per heavy atom. The van der Waals surface area contributed by atoms with E-state index in [1.807, 2.05) is 6.92 Å². The molecule has 0 bridgehead atoms. The first-order chi connectivity index (χ1) is 8.58. The third-order valence-corrected chi connectivity index (χ3v) is 3.51. The lowest BCUT2D eigenvalue weighted by Gasteiger charge is -2.05. The summed E-state index contributed by atoms with van der Waals surface area (Å²) in [6, 6.07) is 11.7. The topological polar surface area (TPSA) is 63.4 Å². The molecule has 5 heteroatoms. The summed E-state index contributed by atoms with van der Waals surface area (Å²) in [5.74, 6) is 0.123. The monoisotopic (exact) mass is 261 g/mol. The number of nitrogens with zero attached hydrogens (tertiary/aromatic N) is 1. The van der Waals surface area contributed by atoms with Crippen molar-refractivity contribution in [1.82, 2.24) is 0 Å². The van der Waals surface area contributed by atoms with E-state index in [9.17, 15) is 15.2 Å². The van der Waals surface area contributed by atoms with Crippen molar-refractivity contribution in [3.05, 3.63) is 58.1 Å². The second-order valence-electron chi connectivity index (χ2n) is 3.80. The van der Waals surface area contributed by atoms with Gasteiger partial charge in [-0.15, -0.1) is 0 Å². The molecular formula is C13H11NO3S. The van der Waals surface area contributed by atoms with Crippen LogP contribution in [0.3, 0.4) is 0 Å². The van der Waals surface area contributed by atoms with Gasteiger partial charge in [-0.2, -0.15) is 0 Å². The molecule has 0 saturated carbocycles. The molecule has 0 atom stereocenters. The van der Waals surface area contributed by atoms with E-state index in [1.54, 1.807) is 36.4 Å². The SMILES string of the molecule is Cc1ccc([N+](=O)[O-])c(Sc2ccccc2O)c1. The summed E-state index contributed by atoms with van der Waals surface area (Å²) in [5, 5.41) is 20.6. The van der Waals surface area contributed by atoms with Crippen molar-refractivity contribution in [3.8, 4) is 5.75 Å². The highest BCUT2D eigenvalue weighted by Crippen LogP contribution is 2.39. The van der Waals surface area contributed by atoms with E-state index in [0.717, 1.165) is 5.56 Å². The largest absolute Gasteiger partial charge is 0.507 e. The number of aromatic hydroxyl groups is 1. The van der Waals surface area contributed by atoms with Crippen LogP contribution in [0.15, 0.2) is 52.3 Å². The van der Waals surface area contributed by atoms with Crippen LogP contribution < -0.4 is 0 Å². The minimum absolute atomic E-state index is 0.0499. The first-order valence-electron chi connectivity index (χ1n) is 5.29. The molecule has 18 heavy (non-hydrogen) atoms. The van der Waals surface area contributed by atoms with Crippen LogP contribution in [-0.4, -0.2) is 10.0 Å². The van der Waals surface area contributed by atoms with E-state index in [-0.39, 0.29) is 11.4 Å². The number of hydrogen-bond acceptors (Lipinski definition) is 4. The molecule has 2 rings (SSSR count). The number of aryl methyl sites for hydroxylation is 1. The summed E-state index contributed by atoms with van der Waals surface area (Å²) in [4.78, 5) is 11.7. The van der Waals surface area contributed by atoms with Gasteiger partial charge < -0.3 is 5.11 Å². The standard InChI is InChI=1S/C13H11NO3S/c1-9-6-7-10(14(16)17)13(8-9)18-12-5-3-2-4-11(12)15/h2-8,15H,1H3. The van der Waals surface area contributed by atoms with Gasteiger partial charge in [0.25, 0.3) is 5.69 Å². The zero-order chi connectivity index (χ0) is 13.1. The van der Waals surface area contributed by atoms with Crippen molar-refractivity contribution in [2.45, 2.75) is 16.7 Å². The van der Waals surface area contributed by atoms with Crippen molar-refractivity contribution >= 4 is 17.4 Å². The van der Waals surface area contributed by atoms with Crippen molar-refractivity contribution in [1.29, 1.82) is 0 Å². The second-order valence-corrected chi connectivity index (χ2v) is 4.88. The van der Waals surface area contributed by atoms with Gasteiger partial charge in [0.2, 0.25) is 0 Å². The van der Waals surface area contributed by atoms with Gasteiger partial charge in [0.15, 0.2) is 0 Å². The van der Waals surface area contributed by atoms with Crippen LogP contribution in [0.2, 0.25) is 0 Å². The number of rotatable bonds is 3. The van der Waals surface area contributed by atoms with E-state index >= 15 is 0 Å². The fourth-order valence-corrected chi connectivity index (χ4v) is 2.56. The van der Waals surface area contributed by atoms with E-state index in [2.05, 4.69) is 0 Å². The Morgan fingerprint density at radius 2 is 1.89 bits per heavy atom. The Morgan fingerprint density at radius 3 is 2.56 bits per heavy atom. The number of nitro benzene ring substituents is 1. The lowest BCUT2D eigenvalue weighted by molar-refractivity contribution is -0.387. The van der Waals surface area contributed by atoms with E-state index in [4.69, 9.17) is 0 Å². The van der Waals surface area contributed by atoms with Crippen LogP contribution in [0.25, 0.3) is 0 Å². The maximum absolute atomic E-state index is 10.9. The highest BCUT2D eigenvalue weighted by atomic mass is 32.2. The molecule has 0 aliphatic heterocycles. The quantitative estimate of drug-likeness (QED) is 0.675. The first-order valence-corrected chi connectivity index (χ1v) is 6.10. The summed E-state index contributed by atoms with van der Waals surface area (Å²) in [6.07, 6.45) is 0. The highest BCUT2D eigenvalue weighted by molar-refractivity contribution is 7.99. The van der Waals surface area contributed by atoms with Crippen molar-refractivity contribution in [3.63, 3.8) is 0 Å². The molecule has 0 aromatic heterocycles. The van der Waals surface area contributed by atoms with E-state index in [0.29, 0.717) is 9.79 Å². The maximum Gasteiger partial charge on any atom is 0.283 e. The minimum Gasteiger partial charge on any atom is -0.507 e. The highest BCUT2D eigenvalue weighted by Gasteiger charge is 2.15. The van der Waals surface area contributed by atoms with Gasteiger partial charge in [-0.05, 0) is 30.7 Å². The smallest absolute Gasteiger partial charge is 0.283 e. The average Bonchev–Trinajstić information content (AvgIpc) is 2.32.